The molecule has 0 aliphatic heterocycles. The Hall–Kier alpha value is -1.12. The van der Waals surface area contributed by atoms with Crippen molar-refractivity contribution in [2.45, 2.75) is 26.1 Å². The molecule has 1 atom stereocenters. The Labute approximate surface area is 91.2 Å². The third-order valence-electron chi connectivity index (χ3n) is 2.07. The van der Waals surface area contributed by atoms with Crippen LogP contribution >= 0.6 is 0 Å². The van der Waals surface area contributed by atoms with Crippen molar-refractivity contribution in [3.63, 3.8) is 0 Å². The second kappa shape index (κ2) is 7.21. The summed E-state index contributed by atoms with van der Waals surface area (Å²) < 4.78 is 5.39. The van der Waals surface area contributed by atoms with Gasteiger partial charge in [-0.15, -0.1) is 0 Å². The number of rotatable bonds is 6. The molecule has 0 saturated carbocycles. The lowest BCUT2D eigenvalue weighted by Crippen LogP contribution is -2.13. The quantitative estimate of drug-likeness (QED) is 0.725. The summed E-state index contributed by atoms with van der Waals surface area (Å²) in [4.78, 5) is 0. The van der Waals surface area contributed by atoms with Gasteiger partial charge in [-0.05, 0) is 18.9 Å². The molecule has 82 valence electrons. The van der Waals surface area contributed by atoms with Crippen LogP contribution in [0, 0.1) is 0 Å². The van der Waals surface area contributed by atoms with E-state index in [1.54, 1.807) is 0 Å². The third kappa shape index (κ3) is 5.35. The van der Waals surface area contributed by atoms with Crippen LogP contribution in [-0.2, 0) is 11.3 Å². The van der Waals surface area contributed by atoms with Gasteiger partial charge in [-0.2, -0.15) is 0 Å². The Kier molecular flexibility index (Phi) is 5.74. The standard InChI is InChI=1S/C13H18O2/c1-2-3-9-13(14)11-15-10-12-7-5-4-6-8-12/h2-8,13-14H,9-11H2,1H3/b3-2-/t13-/m1/s1. The second-order valence-electron chi connectivity index (χ2n) is 3.46. The first-order valence-electron chi connectivity index (χ1n) is 5.24. The van der Waals surface area contributed by atoms with Crippen LogP contribution in [0.5, 0.6) is 0 Å². The van der Waals surface area contributed by atoms with Gasteiger partial charge in [-0.3, -0.25) is 0 Å². The normalized spacial score (nSPS) is 13.2. The van der Waals surface area contributed by atoms with Gasteiger partial charge < -0.3 is 9.84 Å². The monoisotopic (exact) mass is 206 g/mol. The first kappa shape index (κ1) is 12.0. The molecule has 2 nitrogen and oxygen atoms in total. The van der Waals surface area contributed by atoms with Crippen LogP contribution in [0.15, 0.2) is 42.5 Å². The van der Waals surface area contributed by atoms with E-state index in [0.717, 1.165) is 5.56 Å². The maximum absolute atomic E-state index is 9.48. The molecule has 0 heterocycles. The first-order chi connectivity index (χ1) is 7.33. The first-order valence-corrected chi connectivity index (χ1v) is 5.24. The molecule has 0 radical (unpaired) electrons. The fraction of sp³-hybridized carbons (Fsp3) is 0.385. The molecular formula is C13H18O2. The van der Waals surface area contributed by atoms with Crippen LogP contribution in [0.1, 0.15) is 18.9 Å². The van der Waals surface area contributed by atoms with E-state index in [2.05, 4.69) is 0 Å². The summed E-state index contributed by atoms with van der Waals surface area (Å²) in [5, 5.41) is 9.48. The second-order valence-corrected chi connectivity index (χ2v) is 3.46. The molecule has 0 spiro atoms. The van der Waals surface area contributed by atoms with E-state index in [0.29, 0.717) is 19.6 Å². The number of allylic oxidation sites excluding steroid dienone is 1. The van der Waals surface area contributed by atoms with Gasteiger partial charge in [0.15, 0.2) is 0 Å². The highest BCUT2D eigenvalue weighted by Gasteiger charge is 2.01. The van der Waals surface area contributed by atoms with Gasteiger partial charge in [0.05, 0.1) is 19.3 Å². The van der Waals surface area contributed by atoms with Crippen molar-refractivity contribution in [3.05, 3.63) is 48.0 Å². The molecule has 1 aromatic rings. The van der Waals surface area contributed by atoms with Gasteiger partial charge in [0.25, 0.3) is 0 Å². The Morgan fingerprint density at radius 1 is 1.33 bits per heavy atom. The summed E-state index contributed by atoms with van der Waals surface area (Å²) in [6, 6.07) is 9.96. The summed E-state index contributed by atoms with van der Waals surface area (Å²) in [6.45, 7) is 2.89. The van der Waals surface area contributed by atoms with E-state index in [-0.39, 0.29) is 0 Å². The molecule has 0 fully saturated rings. The van der Waals surface area contributed by atoms with Gasteiger partial charge in [0.2, 0.25) is 0 Å². The molecule has 0 aromatic heterocycles. The van der Waals surface area contributed by atoms with Crippen molar-refractivity contribution >= 4 is 0 Å². The highest BCUT2D eigenvalue weighted by atomic mass is 16.5. The minimum absolute atomic E-state index is 0.388. The van der Waals surface area contributed by atoms with Gasteiger partial charge in [0, 0.05) is 0 Å². The molecular weight excluding hydrogens is 188 g/mol. The fourth-order valence-corrected chi connectivity index (χ4v) is 1.25. The average Bonchev–Trinajstić information content (AvgIpc) is 2.28. The van der Waals surface area contributed by atoms with Crippen molar-refractivity contribution in [1.82, 2.24) is 0 Å². The van der Waals surface area contributed by atoms with Gasteiger partial charge in [-0.25, -0.2) is 0 Å². The van der Waals surface area contributed by atoms with E-state index in [9.17, 15) is 5.11 Å². The number of hydrogen-bond acceptors (Lipinski definition) is 2. The third-order valence-corrected chi connectivity index (χ3v) is 2.07. The average molecular weight is 206 g/mol. The Morgan fingerprint density at radius 2 is 2.07 bits per heavy atom. The lowest BCUT2D eigenvalue weighted by atomic mass is 10.2. The zero-order chi connectivity index (χ0) is 10.9. The molecule has 2 heteroatoms. The van der Waals surface area contributed by atoms with Crippen LogP contribution in [0.4, 0.5) is 0 Å². The molecule has 0 unspecified atom stereocenters. The molecule has 0 aliphatic rings. The fourth-order valence-electron chi connectivity index (χ4n) is 1.25. The van der Waals surface area contributed by atoms with Gasteiger partial charge >= 0.3 is 0 Å². The minimum Gasteiger partial charge on any atom is -0.390 e. The molecule has 0 amide bonds. The van der Waals surface area contributed by atoms with Crippen molar-refractivity contribution in [3.8, 4) is 0 Å². The van der Waals surface area contributed by atoms with Crippen molar-refractivity contribution in [2.75, 3.05) is 6.61 Å². The highest BCUT2D eigenvalue weighted by molar-refractivity contribution is 5.13. The van der Waals surface area contributed by atoms with Crippen molar-refractivity contribution < 1.29 is 9.84 Å². The zero-order valence-electron chi connectivity index (χ0n) is 9.10. The van der Waals surface area contributed by atoms with Crippen molar-refractivity contribution in [2.24, 2.45) is 0 Å². The zero-order valence-corrected chi connectivity index (χ0v) is 9.10. The number of aliphatic hydroxyl groups is 1. The predicted octanol–water partition coefficient (Wildman–Crippen LogP) is 2.53. The molecule has 1 rings (SSSR count). The largest absolute Gasteiger partial charge is 0.390 e. The van der Waals surface area contributed by atoms with E-state index < -0.39 is 6.10 Å². The van der Waals surface area contributed by atoms with Crippen LogP contribution in [0.2, 0.25) is 0 Å². The summed E-state index contributed by atoms with van der Waals surface area (Å²) in [5.41, 5.74) is 1.13. The van der Waals surface area contributed by atoms with E-state index in [4.69, 9.17) is 4.74 Å². The topological polar surface area (TPSA) is 29.5 Å². The highest BCUT2D eigenvalue weighted by Crippen LogP contribution is 2.02. The number of hydrogen-bond donors (Lipinski definition) is 1. The Bertz CT molecular complexity index is 280. The summed E-state index contributed by atoms with van der Waals surface area (Å²) in [5.74, 6) is 0. The lowest BCUT2D eigenvalue weighted by molar-refractivity contribution is 0.0301. The Morgan fingerprint density at radius 3 is 2.73 bits per heavy atom. The van der Waals surface area contributed by atoms with Crippen LogP contribution in [-0.4, -0.2) is 17.8 Å². The molecule has 0 aliphatic carbocycles. The van der Waals surface area contributed by atoms with E-state index >= 15 is 0 Å². The summed E-state index contributed by atoms with van der Waals surface area (Å²) in [6.07, 6.45) is 4.13. The number of ether oxygens (including phenoxy) is 1. The van der Waals surface area contributed by atoms with Crippen molar-refractivity contribution in [1.29, 1.82) is 0 Å². The van der Waals surface area contributed by atoms with Gasteiger partial charge in [0.1, 0.15) is 0 Å². The number of aliphatic hydroxyl groups excluding tert-OH is 1. The molecule has 1 N–H and O–H groups in total. The minimum atomic E-state index is -0.398. The SMILES string of the molecule is C/C=C\C[C@@H](O)COCc1ccccc1. The predicted molar refractivity (Wildman–Crippen MR) is 61.5 cm³/mol. The lowest BCUT2D eigenvalue weighted by Gasteiger charge is -2.08. The maximum atomic E-state index is 9.48. The summed E-state index contributed by atoms with van der Waals surface area (Å²) in [7, 11) is 0. The van der Waals surface area contributed by atoms with Crippen LogP contribution < -0.4 is 0 Å². The molecule has 15 heavy (non-hydrogen) atoms. The Balaban J connectivity index is 2.16. The summed E-state index contributed by atoms with van der Waals surface area (Å²) >= 11 is 0. The van der Waals surface area contributed by atoms with Crippen LogP contribution in [0.25, 0.3) is 0 Å². The number of benzene rings is 1. The molecule has 0 bridgehead atoms. The van der Waals surface area contributed by atoms with Gasteiger partial charge in [-0.1, -0.05) is 42.5 Å². The van der Waals surface area contributed by atoms with E-state index in [1.807, 2.05) is 49.4 Å². The molecule has 1 aromatic carbocycles. The maximum Gasteiger partial charge on any atom is 0.0808 e. The smallest absolute Gasteiger partial charge is 0.0808 e. The molecule has 0 saturated heterocycles. The van der Waals surface area contributed by atoms with E-state index in [1.165, 1.54) is 0 Å². The van der Waals surface area contributed by atoms with Crippen LogP contribution in [0.3, 0.4) is 0 Å².